The second-order valence-electron chi connectivity index (χ2n) is 3.55. The Hall–Kier alpha value is 1.79. The van der Waals surface area contributed by atoms with E-state index in [1.165, 1.54) is 10.6 Å². The van der Waals surface area contributed by atoms with Gasteiger partial charge in [-0.25, -0.2) is 0 Å². The average Bonchev–Trinajstić information content (AvgIpc) is 1.63. The molecule has 0 aliphatic carbocycles. The molecule has 0 aliphatic heterocycles. The van der Waals surface area contributed by atoms with Gasteiger partial charge >= 0.3 is 65.3 Å². The van der Waals surface area contributed by atoms with Gasteiger partial charge in [-0.2, -0.15) is 0 Å². The molecule has 0 aromatic heterocycles. The Labute approximate surface area is 103 Å². The van der Waals surface area contributed by atoms with Crippen molar-refractivity contribution in [3.8, 4) is 0 Å². The van der Waals surface area contributed by atoms with Crippen molar-refractivity contribution < 1.29 is 39.2 Å². The van der Waals surface area contributed by atoms with Crippen molar-refractivity contribution in [2.75, 3.05) is 0 Å². The summed E-state index contributed by atoms with van der Waals surface area (Å²) in [6, 6.07) is 0. The van der Waals surface area contributed by atoms with Gasteiger partial charge in [0.15, 0.2) is 0 Å². The van der Waals surface area contributed by atoms with Gasteiger partial charge in [-0.1, -0.05) is 0 Å². The fourth-order valence-corrected chi connectivity index (χ4v) is 2.29. The fraction of sp³-hybridized carbons (Fsp3) is 1.00. The molecule has 0 aliphatic rings. The Morgan fingerprint density at radius 1 is 1.00 bits per heavy atom. The molecule has 0 aromatic rings. The first-order valence-corrected chi connectivity index (χ1v) is 5.58. The molecule has 62 valence electrons. The summed E-state index contributed by atoms with van der Waals surface area (Å²) in [6.07, 6.45) is 0. The number of hydrogen-bond acceptors (Lipinski definition) is 0. The quantitative estimate of drug-likeness (QED) is 0.586. The predicted molar refractivity (Wildman–Crippen MR) is 46.2 cm³/mol. The van der Waals surface area contributed by atoms with Crippen molar-refractivity contribution in [1.29, 1.82) is 0 Å². The largest absolute Gasteiger partial charge is 1.00 e. The van der Waals surface area contributed by atoms with Crippen LogP contribution in [-0.2, 0) is 0 Å². The minimum Gasteiger partial charge on any atom is -1.00 e. The van der Waals surface area contributed by atoms with Gasteiger partial charge in [-0.05, 0) is 0 Å². The Kier molecular flexibility index (Phi) is 12.7. The van der Waals surface area contributed by atoms with E-state index in [2.05, 4.69) is 27.7 Å². The van der Waals surface area contributed by atoms with E-state index >= 15 is 0 Å². The molecular weight excluding hydrogens is 163 g/mol. The molecular formula is C8H19AlAr. The molecule has 0 nitrogen and oxygen atoms in total. The van der Waals surface area contributed by atoms with E-state index in [1.807, 2.05) is 0 Å². The molecule has 2 heteroatoms. The molecule has 0 aromatic carbocycles. The molecule has 0 fully saturated rings. The number of hydrogen-bond donors (Lipinski definition) is 0. The molecule has 0 spiro atoms. The monoisotopic (exact) mass is 182 g/mol. The van der Waals surface area contributed by atoms with Gasteiger partial charge in [-0.15, -0.1) is 0 Å². The molecule has 0 unspecified atom stereocenters. The molecule has 0 saturated heterocycles. The minimum atomic E-state index is 0. The van der Waals surface area contributed by atoms with Crippen LogP contribution in [-0.4, -0.2) is 15.2 Å². The summed E-state index contributed by atoms with van der Waals surface area (Å²) >= 11 is 0.755. The van der Waals surface area contributed by atoms with Crippen molar-refractivity contribution in [3.63, 3.8) is 0 Å². The summed E-state index contributed by atoms with van der Waals surface area (Å²) in [5.74, 6) is 1.86. The third kappa shape index (κ3) is 12.5. The van der Waals surface area contributed by atoms with Crippen LogP contribution in [0.1, 0.15) is 29.1 Å². The summed E-state index contributed by atoms with van der Waals surface area (Å²) in [7, 11) is 0. The van der Waals surface area contributed by atoms with Crippen LogP contribution in [0.2, 0.25) is 10.6 Å². The third-order valence-electron chi connectivity index (χ3n) is 1.28. The second-order valence-corrected chi connectivity index (χ2v) is 5.07. The molecule has 0 atom stereocenters. The van der Waals surface area contributed by atoms with Crippen molar-refractivity contribution in [2.24, 2.45) is 11.8 Å². The summed E-state index contributed by atoms with van der Waals surface area (Å²) in [6.45, 7) is 9.25. The maximum Gasteiger partial charge on any atom is 0 e. The van der Waals surface area contributed by atoms with Gasteiger partial charge in [0.05, 0.1) is 0 Å². The van der Waals surface area contributed by atoms with Crippen LogP contribution in [0.25, 0.3) is 0 Å². The van der Waals surface area contributed by atoms with Crippen LogP contribution in [0.4, 0.5) is 0 Å². The van der Waals surface area contributed by atoms with E-state index in [0.717, 1.165) is 27.1 Å². The normalized spacial score (nSPS) is 9.40. The van der Waals surface area contributed by atoms with Gasteiger partial charge in [-0.3, -0.25) is 0 Å². The molecule has 0 amide bonds. The van der Waals surface area contributed by atoms with E-state index in [9.17, 15) is 0 Å². The minimum absolute atomic E-state index is 0. The standard InChI is InChI=1S/2C4H9.Al.Ar.H/c2*1-4(2)3;;;/h2*4H,1H2,2-3H3;;;/q;;+1;;-1. The second kappa shape index (κ2) is 8.88. The maximum absolute atomic E-state index is 2.31. The fourth-order valence-electron chi connectivity index (χ4n) is 0.763. The Bertz CT molecular complexity index is 59.1. The van der Waals surface area contributed by atoms with E-state index in [1.54, 1.807) is 0 Å². The average molecular weight is 182 g/mol. The van der Waals surface area contributed by atoms with Crippen molar-refractivity contribution in [2.45, 2.75) is 38.3 Å². The van der Waals surface area contributed by atoms with E-state index in [0.29, 0.717) is 0 Å². The molecule has 0 rings (SSSR count). The van der Waals surface area contributed by atoms with E-state index < -0.39 is 0 Å². The smallest absolute Gasteiger partial charge is 0 e. The van der Waals surface area contributed by atoms with Crippen LogP contribution < -0.4 is 0 Å². The van der Waals surface area contributed by atoms with Crippen molar-refractivity contribution in [3.05, 3.63) is 0 Å². The Morgan fingerprint density at radius 3 is 1.50 bits per heavy atom. The molecule has 0 heterocycles. The van der Waals surface area contributed by atoms with Gasteiger partial charge in [0.1, 0.15) is 0 Å². The van der Waals surface area contributed by atoms with Gasteiger partial charge in [0, 0.05) is 37.7 Å². The van der Waals surface area contributed by atoms with Gasteiger partial charge < -0.3 is 1.43 Å². The topological polar surface area (TPSA) is 0 Å². The molecule has 0 N–H and O–H groups in total. The van der Waals surface area contributed by atoms with E-state index in [4.69, 9.17) is 0 Å². The van der Waals surface area contributed by atoms with Gasteiger partial charge in [0.25, 0.3) is 0 Å². The van der Waals surface area contributed by atoms with Crippen LogP contribution >= 0.6 is 0 Å². The van der Waals surface area contributed by atoms with Crippen LogP contribution in [0, 0.1) is 49.6 Å². The summed E-state index contributed by atoms with van der Waals surface area (Å²) in [5.41, 5.74) is 0. The zero-order valence-electron chi connectivity index (χ0n) is 8.50. The Balaban J connectivity index is -0.000000320. The van der Waals surface area contributed by atoms with Crippen molar-refractivity contribution in [1.82, 2.24) is 0 Å². The zero-order valence-corrected chi connectivity index (χ0v) is 9.36. The Morgan fingerprint density at radius 2 is 1.30 bits per heavy atom. The molecule has 0 saturated carbocycles. The van der Waals surface area contributed by atoms with E-state index in [-0.39, 0.29) is 39.2 Å². The molecule has 10 heavy (non-hydrogen) atoms. The first-order chi connectivity index (χ1) is 4.13. The SMILES string of the molecule is CC(C)[CH2][Al+][CH2]C(C)C.[Ar].[H-]. The van der Waals surface area contributed by atoms with Crippen LogP contribution in [0.15, 0.2) is 0 Å². The summed E-state index contributed by atoms with van der Waals surface area (Å²) < 4.78 is 0. The first-order valence-electron chi connectivity index (χ1n) is 3.94. The van der Waals surface area contributed by atoms with Crippen LogP contribution in [0.5, 0.6) is 0 Å². The molecule has 0 bridgehead atoms. The summed E-state index contributed by atoms with van der Waals surface area (Å²) in [5, 5.41) is 2.97. The third-order valence-corrected chi connectivity index (χ3v) is 3.83. The maximum atomic E-state index is 2.31. The number of rotatable bonds is 4. The van der Waals surface area contributed by atoms with Gasteiger partial charge in [0.2, 0.25) is 0 Å². The summed E-state index contributed by atoms with van der Waals surface area (Å²) in [4.78, 5) is 0. The predicted octanol–water partition coefficient (Wildman–Crippen LogP) is 2.95. The van der Waals surface area contributed by atoms with Crippen molar-refractivity contribution >= 4 is 15.2 Å². The van der Waals surface area contributed by atoms with Crippen LogP contribution in [0.3, 0.4) is 0 Å². The zero-order chi connectivity index (χ0) is 7.28. The first kappa shape index (κ1) is 14.3. The molecule has 0 radical (unpaired) electrons.